The third-order valence-electron chi connectivity index (χ3n) is 4.18. The van der Waals surface area contributed by atoms with Crippen molar-refractivity contribution < 1.29 is 9.21 Å². The Morgan fingerprint density at radius 3 is 3.17 bits per heavy atom. The molecule has 0 spiro atoms. The number of aryl methyl sites for hydroxylation is 1. The molecule has 0 bridgehead atoms. The van der Waals surface area contributed by atoms with Crippen LogP contribution in [-0.2, 0) is 24.3 Å². The number of oxazole rings is 1. The average Bonchev–Trinajstić information content (AvgIpc) is 3.12. The van der Waals surface area contributed by atoms with Crippen LogP contribution in [-0.4, -0.2) is 26.1 Å². The van der Waals surface area contributed by atoms with Crippen LogP contribution in [0.15, 0.2) is 45.9 Å². The van der Waals surface area contributed by atoms with Gasteiger partial charge in [0.25, 0.3) is 0 Å². The zero-order valence-corrected chi connectivity index (χ0v) is 12.4. The summed E-state index contributed by atoms with van der Waals surface area (Å²) in [5, 5.41) is 2.99. The van der Waals surface area contributed by atoms with Gasteiger partial charge in [-0.05, 0) is 18.6 Å². The van der Waals surface area contributed by atoms with Crippen LogP contribution in [0.5, 0.6) is 0 Å². The molecular weight excluding hydrogens is 296 g/mol. The Morgan fingerprint density at radius 1 is 1.39 bits per heavy atom. The molecule has 0 fully saturated rings. The Balaban J connectivity index is 1.48. The number of hydrogen-bond donors (Lipinski definition) is 1. The molecule has 0 unspecified atom stereocenters. The maximum atomic E-state index is 12.3. The predicted octanol–water partition coefficient (Wildman–Crippen LogP) is 0.922. The van der Waals surface area contributed by atoms with Gasteiger partial charge in [0.1, 0.15) is 12.4 Å². The number of rotatable bonds is 3. The lowest BCUT2D eigenvalue weighted by Gasteiger charge is -2.24. The van der Waals surface area contributed by atoms with Gasteiger partial charge in [0.2, 0.25) is 5.91 Å². The predicted molar refractivity (Wildman–Crippen MR) is 83.0 cm³/mol. The van der Waals surface area contributed by atoms with Gasteiger partial charge in [-0.1, -0.05) is 12.1 Å². The van der Waals surface area contributed by atoms with E-state index in [1.165, 1.54) is 4.57 Å². The van der Waals surface area contributed by atoms with Crippen LogP contribution < -0.4 is 11.1 Å². The minimum atomic E-state index is -0.512. The molecule has 0 saturated heterocycles. The maximum absolute atomic E-state index is 12.3. The van der Waals surface area contributed by atoms with Crippen LogP contribution in [0.1, 0.15) is 12.2 Å². The minimum Gasteiger partial charge on any atom is -0.408 e. The summed E-state index contributed by atoms with van der Waals surface area (Å²) in [5.74, 6) is 0.349. The minimum absolute atomic E-state index is 0.0386. The number of amides is 1. The highest BCUT2D eigenvalue weighted by Crippen LogP contribution is 2.14. The SMILES string of the molecule is O=C(Cn1c(=O)oc2ccccc21)N[C@H]1CCc2nccn2C1. The van der Waals surface area contributed by atoms with Crippen LogP contribution in [0.4, 0.5) is 0 Å². The summed E-state index contributed by atoms with van der Waals surface area (Å²) in [6.45, 7) is 0.672. The van der Waals surface area contributed by atoms with E-state index in [2.05, 4.69) is 10.3 Å². The number of aromatic nitrogens is 3. The lowest BCUT2D eigenvalue weighted by atomic mass is 10.1. The van der Waals surface area contributed by atoms with Crippen molar-refractivity contribution >= 4 is 17.0 Å². The molecule has 4 rings (SSSR count). The van der Waals surface area contributed by atoms with Crippen LogP contribution in [0.25, 0.3) is 11.1 Å². The van der Waals surface area contributed by atoms with Crippen LogP contribution in [0.2, 0.25) is 0 Å². The van der Waals surface area contributed by atoms with E-state index in [9.17, 15) is 9.59 Å². The third kappa shape index (κ3) is 2.54. The molecule has 1 N–H and O–H groups in total. The number of carbonyl (C=O) groups is 1. The van der Waals surface area contributed by atoms with E-state index in [4.69, 9.17) is 4.42 Å². The van der Waals surface area contributed by atoms with E-state index in [-0.39, 0.29) is 18.5 Å². The number of fused-ring (bicyclic) bond motifs is 2. The van der Waals surface area contributed by atoms with Gasteiger partial charge in [-0.2, -0.15) is 0 Å². The van der Waals surface area contributed by atoms with Crippen molar-refractivity contribution in [2.75, 3.05) is 0 Å². The number of nitrogens with one attached hydrogen (secondary N) is 1. The second-order valence-corrected chi connectivity index (χ2v) is 5.72. The van der Waals surface area contributed by atoms with Gasteiger partial charge in [0.15, 0.2) is 5.58 Å². The first-order valence-corrected chi connectivity index (χ1v) is 7.58. The molecule has 2 aromatic heterocycles. The van der Waals surface area contributed by atoms with Gasteiger partial charge in [-0.15, -0.1) is 0 Å². The van der Waals surface area contributed by atoms with Gasteiger partial charge >= 0.3 is 5.76 Å². The number of para-hydroxylation sites is 2. The van der Waals surface area contributed by atoms with Gasteiger partial charge in [0, 0.05) is 31.4 Å². The molecule has 0 aliphatic carbocycles. The van der Waals surface area contributed by atoms with E-state index >= 15 is 0 Å². The summed E-state index contributed by atoms with van der Waals surface area (Å²) < 4.78 is 8.55. The van der Waals surface area contributed by atoms with E-state index < -0.39 is 5.76 Å². The van der Waals surface area contributed by atoms with Crippen molar-refractivity contribution in [2.24, 2.45) is 0 Å². The molecule has 1 aliphatic rings. The van der Waals surface area contributed by atoms with Crippen molar-refractivity contribution in [1.29, 1.82) is 0 Å². The van der Waals surface area contributed by atoms with Gasteiger partial charge in [-0.25, -0.2) is 9.78 Å². The summed E-state index contributed by atoms with van der Waals surface area (Å²) in [4.78, 5) is 28.5. The fraction of sp³-hybridized carbons (Fsp3) is 0.312. The molecule has 118 valence electrons. The number of benzene rings is 1. The standard InChI is InChI=1S/C16H16N4O3/c21-15(18-11-5-6-14-17-7-8-19(14)9-11)10-20-12-3-1-2-4-13(12)23-16(20)22/h1-4,7-8,11H,5-6,9-10H2,(H,18,21)/t11-/m0/s1. The van der Waals surface area contributed by atoms with E-state index in [0.29, 0.717) is 17.6 Å². The molecule has 1 amide bonds. The van der Waals surface area contributed by atoms with Crippen LogP contribution in [0, 0.1) is 0 Å². The van der Waals surface area contributed by atoms with Crippen molar-refractivity contribution in [1.82, 2.24) is 19.4 Å². The van der Waals surface area contributed by atoms with E-state index in [1.54, 1.807) is 24.4 Å². The summed E-state index contributed by atoms with van der Waals surface area (Å²) >= 11 is 0. The fourth-order valence-electron chi connectivity index (χ4n) is 3.06. The normalized spacial score (nSPS) is 17.1. The molecule has 23 heavy (non-hydrogen) atoms. The number of imidazole rings is 1. The van der Waals surface area contributed by atoms with Crippen molar-refractivity contribution in [3.8, 4) is 0 Å². The Hall–Kier alpha value is -2.83. The lowest BCUT2D eigenvalue weighted by Crippen LogP contribution is -2.43. The van der Waals surface area contributed by atoms with Crippen molar-refractivity contribution in [3.05, 3.63) is 53.0 Å². The summed E-state index contributed by atoms with van der Waals surface area (Å²) in [5.41, 5.74) is 1.12. The molecule has 7 nitrogen and oxygen atoms in total. The van der Waals surface area contributed by atoms with E-state index in [1.807, 2.05) is 16.8 Å². The maximum Gasteiger partial charge on any atom is 0.420 e. The second kappa shape index (κ2) is 5.42. The highest BCUT2D eigenvalue weighted by atomic mass is 16.4. The van der Waals surface area contributed by atoms with Gasteiger partial charge in [-0.3, -0.25) is 9.36 Å². The summed E-state index contributed by atoms with van der Waals surface area (Å²) in [6.07, 6.45) is 5.38. The lowest BCUT2D eigenvalue weighted by molar-refractivity contribution is -0.122. The highest BCUT2D eigenvalue weighted by Gasteiger charge is 2.21. The third-order valence-corrected chi connectivity index (χ3v) is 4.18. The Kier molecular flexibility index (Phi) is 3.25. The quantitative estimate of drug-likeness (QED) is 0.780. The topological polar surface area (TPSA) is 82.1 Å². The van der Waals surface area contributed by atoms with Crippen LogP contribution >= 0.6 is 0 Å². The Bertz CT molecular complexity index is 921. The Labute approximate surface area is 131 Å². The molecule has 3 heterocycles. The van der Waals surface area contributed by atoms with Gasteiger partial charge < -0.3 is 14.3 Å². The molecule has 0 saturated carbocycles. The summed E-state index contributed by atoms with van der Waals surface area (Å²) in [6, 6.07) is 7.14. The highest BCUT2D eigenvalue weighted by molar-refractivity contribution is 5.79. The second-order valence-electron chi connectivity index (χ2n) is 5.72. The Morgan fingerprint density at radius 2 is 2.26 bits per heavy atom. The van der Waals surface area contributed by atoms with Crippen molar-refractivity contribution in [3.63, 3.8) is 0 Å². The largest absolute Gasteiger partial charge is 0.420 e. The zero-order valence-electron chi connectivity index (χ0n) is 12.4. The summed E-state index contributed by atoms with van der Waals surface area (Å²) in [7, 11) is 0. The first kappa shape index (κ1) is 13.8. The molecule has 1 atom stereocenters. The fourth-order valence-corrected chi connectivity index (χ4v) is 3.06. The number of carbonyl (C=O) groups excluding carboxylic acids is 1. The molecule has 3 aromatic rings. The molecule has 7 heteroatoms. The number of hydrogen-bond acceptors (Lipinski definition) is 4. The van der Waals surface area contributed by atoms with E-state index in [0.717, 1.165) is 18.7 Å². The number of nitrogens with zero attached hydrogens (tertiary/aromatic N) is 3. The first-order valence-electron chi connectivity index (χ1n) is 7.58. The smallest absolute Gasteiger partial charge is 0.408 e. The molecule has 1 aliphatic heterocycles. The first-order chi connectivity index (χ1) is 11.2. The molecule has 0 radical (unpaired) electrons. The molecular formula is C16H16N4O3. The van der Waals surface area contributed by atoms with Crippen LogP contribution in [0.3, 0.4) is 0 Å². The van der Waals surface area contributed by atoms with Gasteiger partial charge in [0.05, 0.1) is 5.52 Å². The zero-order chi connectivity index (χ0) is 15.8. The van der Waals surface area contributed by atoms with Crippen molar-refractivity contribution in [2.45, 2.75) is 32.0 Å². The average molecular weight is 312 g/mol. The monoisotopic (exact) mass is 312 g/mol. The molecule has 1 aromatic carbocycles.